The maximum absolute atomic E-state index is 5.32. The molecule has 1 N–H and O–H groups in total. The van der Waals surface area contributed by atoms with Crippen LogP contribution in [0.2, 0.25) is 0 Å². The molecule has 2 nitrogen and oxygen atoms in total. The number of aryl methyl sites for hydroxylation is 1. The highest BCUT2D eigenvalue weighted by molar-refractivity contribution is 8.00. The van der Waals surface area contributed by atoms with Crippen molar-refractivity contribution in [1.82, 2.24) is 5.32 Å². The SMILES string of the molecule is CCCNC(CC)C(C)Sc1ccoc1C. The second kappa shape index (κ2) is 7.02. The molecule has 0 aliphatic rings. The summed E-state index contributed by atoms with van der Waals surface area (Å²) in [6.45, 7) is 9.86. The summed E-state index contributed by atoms with van der Waals surface area (Å²) in [4.78, 5) is 1.27. The molecule has 0 aromatic carbocycles. The number of hydrogen-bond acceptors (Lipinski definition) is 3. The number of nitrogens with one attached hydrogen (secondary N) is 1. The van der Waals surface area contributed by atoms with Crippen molar-refractivity contribution in [3.63, 3.8) is 0 Å². The van der Waals surface area contributed by atoms with E-state index in [0.717, 1.165) is 12.3 Å². The van der Waals surface area contributed by atoms with E-state index in [-0.39, 0.29) is 0 Å². The molecule has 16 heavy (non-hydrogen) atoms. The number of hydrogen-bond donors (Lipinski definition) is 1. The fourth-order valence-corrected chi connectivity index (χ4v) is 2.95. The van der Waals surface area contributed by atoms with Gasteiger partial charge in [-0.25, -0.2) is 0 Å². The van der Waals surface area contributed by atoms with Gasteiger partial charge < -0.3 is 9.73 Å². The van der Waals surface area contributed by atoms with E-state index < -0.39 is 0 Å². The van der Waals surface area contributed by atoms with Crippen LogP contribution in [0.5, 0.6) is 0 Å². The van der Waals surface area contributed by atoms with E-state index in [1.807, 2.05) is 18.7 Å². The van der Waals surface area contributed by atoms with Gasteiger partial charge in [-0.05, 0) is 32.4 Å². The van der Waals surface area contributed by atoms with Crippen LogP contribution in [-0.2, 0) is 0 Å². The lowest BCUT2D eigenvalue weighted by Gasteiger charge is -2.23. The Balaban J connectivity index is 2.49. The van der Waals surface area contributed by atoms with Crippen LogP contribution in [-0.4, -0.2) is 17.8 Å². The quantitative estimate of drug-likeness (QED) is 0.734. The summed E-state index contributed by atoms with van der Waals surface area (Å²) in [6, 6.07) is 2.64. The zero-order valence-electron chi connectivity index (χ0n) is 10.7. The van der Waals surface area contributed by atoms with E-state index in [4.69, 9.17) is 4.42 Å². The van der Waals surface area contributed by atoms with E-state index >= 15 is 0 Å². The molecule has 0 radical (unpaired) electrons. The molecule has 2 atom stereocenters. The maximum atomic E-state index is 5.32. The molecule has 0 aliphatic carbocycles. The summed E-state index contributed by atoms with van der Waals surface area (Å²) in [5.41, 5.74) is 0. The molecule has 0 fully saturated rings. The van der Waals surface area contributed by atoms with Crippen molar-refractivity contribution in [3.05, 3.63) is 18.1 Å². The first-order chi connectivity index (χ1) is 7.69. The minimum Gasteiger partial charge on any atom is -0.468 e. The van der Waals surface area contributed by atoms with E-state index in [1.165, 1.54) is 17.7 Å². The highest BCUT2D eigenvalue weighted by Crippen LogP contribution is 2.29. The molecule has 0 spiro atoms. The largest absolute Gasteiger partial charge is 0.468 e. The highest BCUT2D eigenvalue weighted by atomic mass is 32.2. The number of rotatable bonds is 7. The molecular weight excluding hydrogens is 218 g/mol. The van der Waals surface area contributed by atoms with Crippen LogP contribution in [0.4, 0.5) is 0 Å². The van der Waals surface area contributed by atoms with Crippen molar-refractivity contribution >= 4 is 11.8 Å². The summed E-state index contributed by atoms with van der Waals surface area (Å²) >= 11 is 1.90. The summed E-state index contributed by atoms with van der Waals surface area (Å²) in [5.74, 6) is 1.03. The lowest BCUT2D eigenvalue weighted by molar-refractivity contribution is 0.493. The molecule has 1 heterocycles. The zero-order valence-corrected chi connectivity index (χ0v) is 11.6. The van der Waals surface area contributed by atoms with Gasteiger partial charge in [-0.15, -0.1) is 11.8 Å². The van der Waals surface area contributed by atoms with E-state index in [0.29, 0.717) is 11.3 Å². The third kappa shape index (κ3) is 3.87. The first kappa shape index (κ1) is 13.7. The third-order valence-electron chi connectivity index (χ3n) is 2.79. The normalized spacial score (nSPS) is 15.0. The Labute approximate surface area is 103 Å². The van der Waals surface area contributed by atoms with Crippen LogP contribution < -0.4 is 5.32 Å². The van der Waals surface area contributed by atoms with Crippen LogP contribution in [0.25, 0.3) is 0 Å². The molecular formula is C13H23NOS. The van der Waals surface area contributed by atoms with Gasteiger partial charge in [-0.1, -0.05) is 20.8 Å². The van der Waals surface area contributed by atoms with Gasteiger partial charge in [0.25, 0.3) is 0 Å². The Kier molecular flexibility index (Phi) is 5.99. The van der Waals surface area contributed by atoms with E-state index in [2.05, 4.69) is 32.2 Å². The summed E-state index contributed by atoms with van der Waals surface area (Å²) in [6.07, 6.45) is 4.13. The zero-order chi connectivity index (χ0) is 12.0. The van der Waals surface area contributed by atoms with Gasteiger partial charge >= 0.3 is 0 Å². The summed E-state index contributed by atoms with van der Waals surface area (Å²) in [5, 5.41) is 4.18. The second-order valence-corrected chi connectivity index (χ2v) is 5.55. The van der Waals surface area contributed by atoms with Crippen molar-refractivity contribution in [2.75, 3.05) is 6.54 Å². The van der Waals surface area contributed by atoms with Crippen LogP contribution in [0.3, 0.4) is 0 Å². The highest BCUT2D eigenvalue weighted by Gasteiger charge is 2.17. The van der Waals surface area contributed by atoms with Gasteiger partial charge in [0.1, 0.15) is 5.76 Å². The number of thioether (sulfide) groups is 1. The van der Waals surface area contributed by atoms with E-state index in [1.54, 1.807) is 6.26 Å². The predicted molar refractivity (Wildman–Crippen MR) is 71.1 cm³/mol. The maximum Gasteiger partial charge on any atom is 0.114 e. The molecule has 0 saturated carbocycles. The minimum atomic E-state index is 0.577. The molecule has 92 valence electrons. The standard InChI is InChI=1S/C13H23NOS/c1-5-8-14-12(6-2)11(4)16-13-7-9-15-10(13)3/h7,9,11-12,14H,5-6,8H2,1-4H3. The Bertz CT molecular complexity index is 298. The molecule has 0 saturated heterocycles. The Morgan fingerprint density at radius 2 is 2.19 bits per heavy atom. The molecule has 0 bridgehead atoms. The third-order valence-corrected chi connectivity index (χ3v) is 4.16. The fraction of sp³-hybridized carbons (Fsp3) is 0.692. The van der Waals surface area contributed by atoms with Gasteiger partial charge in [0.15, 0.2) is 0 Å². The lowest BCUT2D eigenvalue weighted by atomic mass is 10.1. The molecule has 1 rings (SSSR count). The first-order valence-electron chi connectivity index (χ1n) is 6.13. The van der Waals surface area contributed by atoms with Crippen LogP contribution in [0, 0.1) is 6.92 Å². The van der Waals surface area contributed by atoms with Gasteiger partial charge in [-0.2, -0.15) is 0 Å². The van der Waals surface area contributed by atoms with Gasteiger partial charge in [-0.3, -0.25) is 0 Å². The van der Waals surface area contributed by atoms with Crippen molar-refractivity contribution in [2.24, 2.45) is 0 Å². The predicted octanol–water partition coefficient (Wildman–Crippen LogP) is 3.85. The molecule has 0 aliphatic heterocycles. The molecule has 1 aromatic rings. The monoisotopic (exact) mass is 241 g/mol. The molecule has 0 amide bonds. The van der Waals surface area contributed by atoms with Crippen LogP contribution in [0.15, 0.2) is 21.6 Å². The van der Waals surface area contributed by atoms with Gasteiger partial charge in [0, 0.05) is 16.2 Å². The number of furan rings is 1. The van der Waals surface area contributed by atoms with Crippen molar-refractivity contribution in [1.29, 1.82) is 0 Å². The van der Waals surface area contributed by atoms with Crippen molar-refractivity contribution < 1.29 is 4.42 Å². The topological polar surface area (TPSA) is 25.2 Å². The lowest BCUT2D eigenvalue weighted by Crippen LogP contribution is -2.36. The average molecular weight is 241 g/mol. The van der Waals surface area contributed by atoms with Gasteiger partial charge in [0.05, 0.1) is 6.26 Å². The Morgan fingerprint density at radius 3 is 2.69 bits per heavy atom. The summed E-state index contributed by atoms with van der Waals surface area (Å²) < 4.78 is 5.32. The van der Waals surface area contributed by atoms with E-state index in [9.17, 15) is 0 Å². The molecule has 2 unspecified atom stereocenters. The fourth-order valence-electron chi connectivity index (χ4n) is 1.75. The minimum absolute atomic E-state index is 0.577. The van der Waals surface area contributed by atoms with Gasteiger partial charge in [0.2, 0.25) is 0 Å². The Morgan fingerprint density at radius 1 is 1.44 bits per heavy atom. The average Bonchev–Trinajstić information content (AvgIpc) is 2.65. The summed E-state index contributed by atoms with van der Waals surface area (Å²) in [7, 11) is 0. The van der Waals surface area contributed by atoms with Crippen molar-refractivity contribution in [2.45, 2.75) is 56.7 Å². The first-order valence-corrected chi connectivity index (χ1v) is 7.01. The molecule has 1 aromatic heterocycles. The smallest absolute Gasteiger partial charge is 0.114 e. The molecule has 3 heteroatoms. The van der Waals surface area contributed by atoms with Crippen molar-refractivity contribution in [3.8, 4) is 0 Å². The Hall–Kier alpha value is -0.410. The second-order valence-electron chi connectivity index (χ2n) is 4.13. The van der Waals surface area contributed by atoms with Crippen LogP contribution >= 0.6 is 11.8 Å². The van der Waals surface area contributed by atoms with Crippen LogP contribution in [0.1, 0.15) is 39.4 Å².